The molecular weight excluding hydrogens is 304 g/mol. The van der Waals surface area contributed by atoms with Gasteiger partial charge in [-0.25, -0.2) is 4.79 Å². The minimum absolute atomic E-state index is 0.247. The molecule has 0 bridgehead atoms. The van der Waals surface area contributed by atoms with Gasteiger partial charge in [-0.3, -0.25) is 9.89 Å². The van der Waals surface area contributed by atoms with Crippen LogP contribution >= 0.6 is 15.9 Å². The summed E-state index contributed by atoms with van der Waals surface area (Å²) in [7, 11) is 1.28. The molecule has 0 unspecified atom stereocenters. The number of methoxy groups -OCH3 is 1. The van der Waals surface area contributed by atoms with Crippen molar-refractivity contribution in [2.45, 2.75) is 6.92 Å². The van der Waals surface area contributed by atoms with Gasteiger partial charge in [0.05, 0.1) is 28.9 Å². The molecule has 0 amide bonds. The number of hydrogen-bond acceptors (Lipinski definition) is 5. The van der Waals surface area contributed by atoms with Crippen LogP contribution in [-0.4, -0.2) is 29.2 Å². The number of nitrogens with one attached hydrogen (secondary N) is 1. The lowest BCUT2D eigenvalue weighted by atomic mass is 10.1. The van der Waals surface area contributed by atoms with Gasteiger partial charge in [0, 0.05) is 12.3 Å². The van der Waals surface area contributed by atoms with Crippen LogP contribution in [0.15, 0.2) is 16.7 Å². The topological polar surface area (TPSA) is 81.3 Å². The van der Waals surface area contributed by atoms with Crippen LogP contribution in [0, 0.1) is 0 Å². The molecular formula is C11H9BrN2O4. The van der Waals surface area contributed by atoms with Crippen molar-refractivity contribution in [3.05, 3.63) is 22.3 Å². The molecule has 1 N–H and O–H groups in total. The molecule has 0 spiro atoms. The molecule has 0 aliphatic rings. The Morgan fingerprint density at radius 3 is 2.78 bits per heavy atom. The summed E-state index contributed by atoms with van der Waals surface area (Å²) in [6.45, 7) is 1.28. The molecule has 0 aliphatic heterocycles. The van der Waals surface area contributed by atoms with Crippen LogP contribution in [0.1, 0.15) is 17.3 Å². The Morgan fingerprint density at radius 1 is 1.44 bits per heavy atom. The first-order valence-corrected chi connectivity index (χ1v) is 5.76. The molecule has 0 saturated heterocycles. The second kappa shape index (κ2) is 4.77. The first-order valence-electron chi connectivity index (χ1n) is 4.97. The van der Waals surface area contributed by atoms with Crippen LogP contribution in [0.25, 0.3) is 10.9 Å². The zero-order valence-electron chi connectivity index (χ0n) is 9.61. The molecule has 7 heteroatoms. The number of rotatable bonds is 2. The highest BCUT2D eigenvalue weighted by molar-refractivity contribution is 9.10. The fourth-order valence-corrected chi connectivity index (χ4v) is 2.05. The van der Waals surface area contributed by atoms with Gasteiger partial charge in [-0.2, -0.15) is 5.10 Å². The largest absolute Gasteiger partial charge is 0.465 e. The van der Waals surface area contributed by atoms with E-state index in [4.69, 9.17) is 4.74 Å². The molecule has 1 aromatic heterocycles. The van der Waals surface area contributed by atoms with Crippen molar-refractivity contribution < 1.29 is 19.1 Å². The lowest BCUT2D eigenvalue weighted by molar-refractivity contribution is -0.131. The SMILES string of the molecule is COC(=O)c1cc(OC(C)=O)c(Br)c2cn[nH]c12. The summed E-state index contributed by atoms with van der Waals surface area (Å²) in [5, 5.41) is 7.19. The number of carbonyl (C=O) groups excluding carboxylic acids is 2. The maximum atomic E-state index is 11.6. The van der Waals surface area contributed by atoms with Gasteiger partial charge < -0.3 is 9.47 Å². The highest BCUT2D eigenvalue weighted by atomic mass is 79.9. The van der Waals surface area contributed by atoms with Crippen LogP contribution < -0.4 is 4.74 Å². The fraction of sp³-hybridized carbons (Fsp3) is 0.182. The molecule has 6 nitrogen and oxygen atoms in total. The maximum Gasteiger partial charge on any atom is 0.340 e. The Balaban J connectivity index is 2.69. The summed E-state index contributed by atoms with van der Waals surface area (Å²) in [5.74, 6) is -0.767. The monoisotopic (exact) mass is 312 g/mol. The predicted octanol–water partition coefficient (Wildman–Crippen LogP) is 2.04. The molecule has 18 heavy (non-hydrogen) atoms. The van der Waals surface area contributed by atoms with E-state index in [9.17, 15) is 9.59 Å². The average Bonchev–Trinajstić information content (AvgIpc) is 2.80. The molecule has 1 aromatic carbocycles. The van der Waals surface area contributed by atoms with E-state index in [1.165, 1.54) is 26.3 Å². The number of benzene rings is 1. The van der Waals surface area contributed by atoms with Crippen molar-refractivity contribution in [1.29, 1.82) is 0 Å². The Bertz CT molecular complexity index is 635. The summed E-state index contributed by atoms with van der Waals surface area (Å²) in [6, 6.07) is 1.43. The van der Waals surface area contributed by atoms with Gasteiger partial charge in [0.25, 0.3) is 0 Å². The highest BCUT2D eigenvalue weighted by Crippen LogP contribution is 2.35. The fourth-order valence-electron chi connectivity index (χ4n) is 1.56. The number of esters is 2. The molecule has 94 valence electrons. The van der Waals surface area contributed by atoms with Gasteiger partial charge in [-0.15, -0.1) is 0 Å². The van der Waals surface area contributed by atoms with E-state index >= 15 is 0 Å². The summed E-state index contributed by atoms with van der Waals surface area (Å²) >= 11 is 3.31. The number of ether oxygens (including phenoxy) is 2. The third-order valence-electron chi connectivity index (χ3n) is 2.30. The maximum absolute atomic E-state index is 11.6. The first kappa shape index (κ1) is 12.6. The average molecular weight is 313 g/mol. The van der Waals surface area contributed by atoms with Gasteiger partial charge in [-0.1, -0.05) is 0 Å². The lowest BCUT2D eigenvalue weighted by Gasteiger charge is -2.08. The second-order valence-electron chi connectivity index (χ2n) is 3.48. The predicted molar refractivity (Wildman–Crippen MR) is 66.4 cm³/mol. The van der Waals surface area contributed by atoms with Crippen molar-refractivity contribution in [2.24, 2.45) is 0 Å². The van der Waals surface area contributed by atoms with E-state index < -0.39 is 11.9 Å². The highest BCUT2D eigenvalue weighted by Gasteiger charge is 2.19. The van der Waals surface area contributed by atoms with Crippen molar-refractivity contribution in [1.82, 2.24) is 10.2 Å². The standard InChI is InChI=1S/C11H9BrN2O4/c1-5(15)18-8-3-6(11(16)17-2)10-7(9(8)12)4-13-14-10/h3-4H,1-2H3,(H,13,14). The van der Waals surface area contributed by atoms with Gasteiger partial charge >= 0.3 is 11.9 Å². The number of H-pyrrole nitrogens is 1. The van der Waals surface area contributed by atoms with Crippen LogP contribution in [0.2, 0.25) is 0 Å². The second-order valence-corrected chi connectivity index (χ2v) is 4.27. The molecule has 0 fully saturated rings. The van der Waals surface area contributed by atoms with E-state index in [-0.39, 0.29) is 11.3 Å². The van der Waals surface area contributed by atoms with Crippen molar-refractivity contribution in [2.75, 3.05) is 7.11 Å². The number of carbonyl (C=O) groups is 2. The Labute approximate surface area is 110 Å². The Hall–Kier alpha value is -1.89. The van der Waals surface area contributed by atoms with E-state index in [0.29, 0.717) is 15.4 Å². The zero-order chi connectivity index (χ0) is 13.3. The normalized spacial score (nSPS) is 10.4. The Kier molecular flexibility index (Phi) is 3.33. The molecule has 0 atom stereocenters. The molecule has 1 heterocycles. The van der Waals surface area contributed by atoms with Crippen molar-refractivity contribution >= 4 is 38.8 Å². The molecule has 0 saturated carbocycles. The Morgan fingerprint density at radius 2 is 2.17 bits per heavy atom. The number of aromatic amines is 1. The van der Waals surface area contributed by atoms with E-state index in [1.807, 2.05) is 0 Å². The minimum atomic E-state index is -0.537. The van der Waals surface area contributed by atoms with Gasteiger partial charge in [-0.05, 0) is 22.0 Å². The molecule has 0 aliphatic carbocycles. The lowest BCUT2D eigenvalue weighted by Crippen LogP contribution is -2.06. The van der Waals surface area contributed by atoms with Gasteiger partial charge in [0.2, 0.25) is 0 Å². The van der Waals surface area contributed by atoms with Gasteiger partial charge in [0.1, 0.15) is 5.75 Å². The van der Waals surface area contributed by atoms with E-state index in [0.717, 1.165) is 0 Å². The van der Waals surface area contributed by atoms with Gasteiger partial charge in [0.15, 0.2) is 0 Å². The van der Waals surface area contributed by atoms with Crippen LogP contribution in [0.4, 0.5) is 0 Å². The summed E-state index contributed by atoms with van der Waals surface area (Å²) in [6.07, 6.45) is 1.53. The zero-order valence-corrected chi connectivity index (χ0v) is 11.2. The third kappa shape index (κ3) is 2.08. The molecule has 2 aromatic rings. The van der Waals surface area contributed by atoms with E-state index in [2.05, 4.69) is 30.9 Å². The number of aromatic nitrogens is 2. The van der Waals surface area contributed by atoms with Crippen molar-refractivity contribution in [3.63, 3.8) is 0 Å². The minimum Gasteiger partial charge on any atom is -0.465 e. The number of halogens is 1. The van der Waals surface area contributed by atoms with Crippen LogP contribution in [0.3, 0.4) is 0 Å². The quantitative estimate of drug-likeness (QED) is 0.678. The molecule has 2 rings (SSSR count). The van der Waals surface area contributed by atoms with Crippen LogP contribution in [-0.2, 0) is 9.53 Å². The molecule has 0 radical (unpaired) electrons. The first-order chi connectivity index (χ1) is 8.54. The number of hydrogen-bond donors (Lipinski definition) is 1. The summed E-state index contributed by atoms with van der Waals surface area (Å²) in [4.78, 5) is 22.7. The number of nitrogens with zero attached hydrogens (tertiary/aromatic N) is 1. The third-order valence-corrected chi connectivity index (χ3v) is 3.11. The van der Waals surface area contributed by atoms with E-state index in [1.54, 1.807) is 0 Å². The van der Waals surface area contributed by atoms with Crippen molar-refractivity contribution in [3.8, 4) is 5.75 Å². The van der Waals surface area contributed by atoms with Crippen LogP contribution in [0.5, 0.6) is 5.75 Å². The summed E-state index contributed by atoms with van der Waals surface area (Å²) in [5.41, 5.74) is 0.772. The summed E-state index contributed by atoms with van der Waals surface area (Å²) < 4.78 is 10.2. The number of fused-ring (bicyclic) bond motifs is 1. The smallest absolute Gasteiger partial charge is 0.340 e.